The number of aliphatic hydroxyl groups is 2. The molecule has 0 aliphatic carbocycles. The van der Waals surface area contributed by atoms with Gasteiger partial charge in [-0.25, -0.2) is 4.79 Å². The van der Waals surface area contributed by atoms with E-state index in [2.05, 4.69) is 5.32 Å². The van der Waals surface area contributed by atoms with Gasteiger partial charge in [0, 0.05) is 6.54 Å². The largest absolute Gasteiger partial charge is 0.455 e. The number of amides is 1. The van der Waals surface area contributed by atoms with Crippen LogP contribution in [0.25, 0.3) is 0 Å². The van der Waals surface area contributed by atoms with Gasteiger partial charge in [0.05, 0.1) is 0 Å². The standard InChI is InChI=1S/C13H19NO6/c1-13(2,3)20-12(18)14-6-9(16)11(17)10-5-4-8(7-15)19-10/h4-5,7,9,11,16-17H,6H2,1-3H3,(H,14,18). The summed E-state index contributed by atoms with van der Waals surface area (Å²) in [5.74, 6) is 0.0944. The van der Waals surface area contributed by atoms with Crippen LogP contribution in [0.4, 0.5) is 4.79 Å². The lowest BCUT2D eigenvalue weighted by Gasteiger charge is -2.21. The van der Waals surface area contributed by atoms with Crippen LogP contribution in [0.2, 0.25) is 0 Å². The van der Waals surface area contributed by atoms with Crippen molar-refractivity contribution in [2.45, 2.75) is 38.6 Å². The molecular formula is C13H19NO6. The van der Waals surface area contributed by atoms with E-state index < -0.39 is 23.9 Å². The van der Waals surface area contributed by atoms with Crippen LogP contribution in [0.3, 0.4) is 0 Å². The van der Waals surface area contributed by atoms with Gasteiger partial charge in [0.15, 0.2) is 12.0 Å². The topological polar surface area (TPSA) is 109 Å². The van der Waals surface area contributed by atoms with Gasteiger partial charge in [0.1, 0.15) is 23.6 Å². The molecule has 1 rings (SSSR count). The average Bonchev–Trinajstić information content (AvgIpc) is 2.81. The minimum Gasteiger partial charge on any atom is -0.455 e. The lowest BCUT2D eigenvalue weighted by molar-refractivity contribution is 0.00200. The van der Waals surface area contributed by atoms with E-state index >= 15 is 0 Å². The minimum atomic E-state index is -1.35. The molecular weight excluding hydrogens is 266 g/mol. The molecule has 1 aromatic heterocycles. The summed E-state index contributed by atoms with van der Waals surface area (Å²) in [6.07, 6.45) is -2.84. The SMILES string of the molecule is CC(C)(C)OC(=O)NCC(O)C(O)c1ccc(C=O)o1. The molecule has 0 aliphatic heterocycles. The van der Waals surface area contributed by atoms with Gasteiger partial charge < -0.3 is 24.7 Å². The van der Waals surface area contributed by atoms with Crippen LogP contribution in [-0.2, 0) is 4.74 Å². The Bertz CT molecular complexity index is 462. The first-order valence-electron chi connectivity index (χ1n) is 6.11. The number of carbonyl (C=O) groups is 2. The number of ether oxygens (including phenoxy) is 1. The summed E-state index contributed by atoms with van der Waals surface area (Å²) in [6, 6.07) is 2.75. The Morgan fingerprint density at radius 2 is 2.10 bits per heavy atom. The van der Waals surface area contributed by atoms with Crippen LogP contribution in [0.5, 0.6) is 0 Å². The molecule has 0 spiro atoms. The number of carbonyl (C=O) groups excluding carboxylic acids is 2. The van der Waals surface area contributed by atoms with Crippen molar-refractivity contribution in [3.05, 3.63) is 23.7 Å². The van der Waals surface area contributed by atoms with Gasteiger partial charge in [-0.1, -0.05) is 0 Å². The molecule has 0 radical (unpaired) electrons. The first-order chi connectivity index (χ1) is 9.23. The Hall–Kier alpha value is -1.86. The molecule has 7 heteroatoms. The monoisotopic (exact) mass is 285 g/mol. The third kappa shape index (κ3) is 5.02. The lowest BCUT2D eigenvalue weighted by atomic mass is 10.1. The number of aldehydes is 1. The molecule has 112 valence electrons. The van der Waals surface area contributed by atoms with Gasteiger partial charge in [-0.3, -0.25) is 4.79 Å². The molecule has 1 aromatic rings. The van der Waals surface area contributed by atoms with Gasteiger partial charge in [0.2, 0.25) is 0 Å². The second-order valence-electron chi connectivity index (χ2n) is 5.25. The quantitative estimate of drug-likeness (QED) is 0.697. The summed E-state index contributed by atoms with van der Waals surface area (Å²) in [7, 11) is 0. The van der Waals surface area contributed by atoms with Crippen LogP contribution in [0.15, 0.2) is 16.5 Å². The summed E-state index contributed by atoms with van der Waals surface area (Å²) in [6.45, 7) is 4.91. The Labute approximate surface area is 116 Å². The Morgan fingerprint density at radius 3 is 2.60 bits per heavy atom. The molecule has 0 bridgehead atoms. The maximum Gasteiger partial charge on any atom is 0.407 e. The summed E-state index contributed by atoms with van der Waals surface area (Å²) in [5, 5.41) is 21.9. The summed E-state index contributed by atoms with van der Waals surface area (Å²) >= 11 is 0. The summed E-state index contributed by atoms with van der Waals surface area (Å²) in [5.41, 5.74) is -0.645. The van der Waals surface area contributed by atoms with Crippen molar-refractivity contribution >= 4 is 12.4 Å². The fourth-order valence-electron chi connectivity index (χ4n) is 1.39. The van der Waals surface area contributed by atoms with Crippen LogP contribution >= 0.6 is 0 Å². The van der Waals surface area contributed by atoms with Crippen molar-refractivity contribution in [2.24, 2.45) is 0 Å². The first-order valence-corrected chi connectivity index (χ1v) is 6.11. The Kier molecular flexibility index (Phi) is 5.29. The molecule has 3 N–H and O–H groups in total. The molecule has 0 saturated heterocycles. The third-order valence-electron chi connectivity index (χ3n) is 2.27. The third-order valence-corrected chi connectivity index (χ3v) is 2.27. The van der Waals surface area contributed by atoms with Gasteiger partial charge in [-0.05, 0) is 32.9 Å². The van der Waals surface area contributed by atoms with Crippen LogP contribution < -0.4 is 5.32 Å². The van der Waals surface area contributed by atoms with E-state index in [1.54, 1.807) is 20.8 Å². The van der Waals surface area contributed by atoms with Crippen molar-refractivity contribution in [2.75, 3.05) is 6.54 Å². The molecule has 0 aromatic carbocycles. The number of rotatable bonds is 5. The number of alkyl carbamates (subject to hydrolysis) is 1. The molecule has 0 saturated carbocycles. The van der Waals surface area contributed by atoms with Crippen molar-refractivity contribution in [1.29, 1.82) is 0 Å². The predicted octanol–water partition coefficient (Wildman–Crippen LogP) is 1.01. The van der Waals surface area contributed by atoms with E-state index in [1.807, 2.05) is 0 Å². The molecule has 1 heterocycles. The van der Waals surface area contributed by atoms with Gasteiger partial charge in [-0.2, -0.15) is 0 Å². The molecule has 0 fully saturated rings. The van der Waals surface area contributed by atoms with Crippen LogP contribution in [0.1, 0.15) is 43.2 Å². The number of aliphatic hydroxyl groups excluding tert-OH is 2. The first kappa shape index (κ1) is 16.2. The van der Waals surface area contributed by atoms with Gasteiger partial charge >= 0.3 is 6.09 Å². The van der Waals surface area contributed by atoms with E-state index in [4.69, 9.17) is 9.15 Å². The summed E-state index contributed by atoms with van der Waals surface area (Å²) < 4.78 is 9.96. The van der Waals surface area contributed by atoms with E-state index in [9.17, 15) is 19.8 Å². The maximum atomic E-state index is 11.4. The molecule has 20 heavy (non-hydrogen) atoms. The second-order valence-corrected chi connectivity index (χ2v) is 5.25. The predicted molar refractivity (Wildman–Crippen MR) is 69.3 cm³/mol. The second kappa shape index (κ2) is 6.53. The average molecular weight is 285 g/mol. The number of hydrogen-bond donors (Lipinski definition) is 3. The highest BCUT2D eigenvalue weighted by Crippen LogP contribution is 2.19. The number of nitrogens with one attached hydrogen (secondary N) is 1. The highest BCUT2D eigenvalue weighted by atomic mass is 16.6. The molecule has 7 nitrogen and oxygen atoms in total. The van der Waals surface area contributed by atoms with Crippen LogP contribution in [0, 0.1) is 0 Å². The van der Waals surface area contributed by atoms with E-state index in [-0.39, 0.29) is 18.1 Å². The smallest absolute Gasteiger partial charge is 0.407 e. The van der Waals surface area contributed by atoms with Crippen molar-refractivity contribution in [3.8, 4) is 0 Å². The normalized spacial score (nSPS) is 14.4. The van der Waals surface area contributed by atoms with E-state index in [1.165, 1.54) is 12.1 Å². The molecule has 2 atom stereocenters. The number of furan rings is 1. The zero-order chi connectivity index (χ0) is 15.3. The van der Waals surface area contributed by atoms with Crippen molar-refractivity contribution in [3.63, 3.8) is 0 Å². The number of hydrogen-bond acceptors (Lipinski definition) is 6. The molecule has 0 aliphatic rings. The fourth-order valence-corrected chi connectivity index (χ4v) is 1.39. The van der Waals surface area contributed by atoms with E-state index in [0.29, 0.717) is 6.29 Å². The minimum absolute atomic E-state index is 0.0468. The van der Waals surface area contributed by atoms with Gasteiger partial charge in [-0.15, -0.1) is 0 Å². The Morgan fingerprint density at radius 1 is 1.45 bits per heavy atom. The van der Waals surface area contributed by atoms with Crippen molar-refractivity contribution in [1.82, 2.24) is 5.32 Å². The lowest BCUT2D eigenvalue weighted by Crippen LogP contribution is -2.38. The van der Waals surface area contributed by atoms with E-state index in [0.717, 1.165) is 0 Å². The van der Waals surface area contributed by atoms with Crippen LogP contribution in [-0.4, -0.2) is 40.8 Å². The Balaban J connectivity index is 2.47. The zero-order valence-electron chi connectivity index (χ0n) is 11.6. The highest BCUT2D eigenvalue weighted by molar-refractivity contribution is 5.70. The molecule has 1 amide bonds. The summed E-state index contributed by atoms with van der Waals surface area (Å²) in [4.78, 5) is 21.8. The van der Waals surface area contributed by atoms with Gasteiger partial charge in [0.25, 0.3) is 0 Å². The highest BCUT2D eigenvalue weighted by Gasteiger charge is 2.23. The fraction of sp³-hybridized carbons (Fsp3) is 0.538. The maximum absolute atomic E-state index is 11.4. The zero-order valence-corrected chi connectivity index (χ0v) is 11.6. The van der Waals surface area contributed by atoms with Crippen molar-refractivity contribution < 1.29 is 29.0 Å². The molecule has 2 unspecified atom stereocenters.